The predicted molar refractivity (Wildman–Crippen MR) is 99.8 cm³/mol. The van der Waals surface area contributed by atoms with Crippen molar-refractivity contribution < 1.29 is 19.1 Å². The van der Waals surface area contributed by atoms with Crippen LogP contribution in [0.5, 0.6) is 11.5 Å². The van der Waals surface area contributed by atoms with Crippen LogP contribution >= 0.6 is 11.6 Å². The molecule has 0 saturated carbocycles. The molecule has 26 heavy (non-hydrogen) atoms. The molecule has 6 nitrogen and oxygen atoms in total. The van der Waals surface area contributed by atoms with E-state index >= 15 is 0 Å². The second-order valence-electron chi connectivity index (χ2n) is 5.38. The molecule has 0 heterocycles. The predicted octanol–water partition coefficient (Wildman–Crippen LogP) is 2.79. The minimum Gasteiger partial charge on any atom is -0.493 e. The van der Waals surface area contributed by atoms with Crippen molar-refractivity contribution in [3.05, 3.63) is 58.6 Å². The number of hydrogen-bond acceptors (Lipinski definition) is 4. The summed E-state index contributed by atoms with van der Waals surface area (Å²) in [7, 11) is 1.49. The highest BCUT2D eigenvalue weighted by Gasteiger charge is 2.12. The first-order chi connectivity index (χ1) is 12.5. The number of methoxy groups -OCH3 is 1. The molecule has 2 rings (SSSR count). The van der Waals surface area contributed by atoms with Crippen LogP contribution < -0.4 is 20.1 Å². The first kappa shape index (κ1) is 19.6. The summed E-state index contributed by atoms with van der Waals surface area (Å²) in [6.07, 6.45) is 0. The maximum atomic E-state index is 12.2. The first-order valence-electron chi connectivity index (χ1n) is 8.14. The first-order valence-corrected chi connectivity index (χ1v) is 8.52. The van der Waals surface area contributed by atoms with Gasteiger partial charge in [0.25, 0.3) is 5.91 Å². The van der Waals surface area contributed by atoms with Gasteiger partial charge in [0, 0.05) is 22.7 Å². The van der Waals surface area contributed by atoms with E-state index in [1.807, 2.05) is 25.1 Å². The Labute approximate surface area is 157 Å². The third kappa shape index (κ3) is 5.39. The highest BCUT2D eigenvalue weighted by atomic mass is 35.5. The van der Waals surface area contributed by atoms with Crippen LogP contribution in [0, 0.1) is 0 Å². The van der Waals surface area contributed by atoms with E-state index in [1.165, 1.54) is 7.11 Å². The number of amides is 2. The highest BCUT2D eigenvalue weighted by Crippen LogP contribution is 2.29. The van der Waals surface area contributed by atoms with E-state index in [4.69, 9.17) is 21.1 Å². The minimum absolute atomic E-state index is 0.0836. The fraction of sp³-hybridized carbons (Fsp3) is 0.263. The molecule has 2 aromatic carbocycles. The number of ether oxygens (including phenoxy) is 2. The molecule has 0 spiro atoms. The van der Waals surface area contributed by atoms with Gasteiger partial charge in [-0.25, -0.2) is 0 Å². The van der Waals surface area contributed by atoms with Crippen molar-refractivity contribution >= 4 is 23.4 Å². The Morgan fingerprint density at radius 1 is 1.08 bits per heavy atom. The summed E-state index contributed by atoms with van der Waals surface area (Å²) in [6.45, 7) is 2.52. The van der Waals surface area contributed by atoms with Gasteiger partial charge in [0.05, 0.1) is 13.7 Å². The molecule has 7 heteroatoms. The maximum absolute atomic E-state index is 12.2. The molecule has 0 bridgehead atoms. The molecule has 0 aliphatic rings. The van der Waals surface area contributed by atoms with Crippen LogP contribution in [0.4, 0.5) is 0 Å². The lowest BCUT2D eigenvalue weighted by Crippen LogP contribution is -2.36. The average Bonchev–Trinajstić information content (AvgIpc) is 2.65. The van der Waals surface area contributed by atoms with E-state index in [0.29, 0.717) is 28.6 Å². The molecule has 0 fully saturated rings. The molecule has 2 N–H and O–H groups in total. The number of carbonyl (C=O) groups is 2. The number of nitrogens with one attached hydrogen (secondary N) is 2. The van der Waals surface area contributed by atoms with Crippen LogP contribution in [0.2, 0.25) is 5.02 Å². The van der Waals surface area contributed by atoms with Gasteiger partial charge in [-0.2, -0.15) is 0 Å². The SMILES string of the molecule is CCNC(=O)CNC(=O)c1ccc(OCc2ccccc2Cl)c(OC)c1. The van der Waals surface area contributed by atoms with E-state index in [9.17, 15) is 9.59 Å². The van der Waals surface area contributed by atoms with Crippen LogP contribution in [0.15, 0.2) is 42.5 Å². The van der Waals surface area contributed by atoms with Crippen LogP contribution in [-0.2, 0) is 11.4 Å². The van der Waals surface area contributed by atoms with Gasteiger partial charge in [-0.15, -0.1) is 0 Å². The molecule has 0 aliphatic carbocycles. The number of carbonyl (C=O) groups excluding carboxylic acids is 2. The summed E-state index contributed by atoms with van der Waals surface area (Å²) in [4.78, 5) is 23.6. The summed E-state index contributed by atoms with van der Waals surface area (Å²) in [6, 6.07) is 12.2. The number of benzene rings is 2. The Kier molecular flexibility index (Phi) is 7.29. The van der Waals surface area contributed by atoms with Crippen LogP contribution in [0.1, 0.15) is 22.8 Å². The van der Waals surface area contributed by atoms with Crippen LogP contribution in [0.25, 0.3) is 0 Å². The second kappa shape index (κ2) is 9.68. The van der Waals surface area contributed by atoms with E-state index in [2.05, 4.69) is 10.6 Å². The van der Waals surface area contributed by atoms with E-state index < -0.39 is 0 Å². The fourth-order valence-corrected chi connectivity index (χ4v) is 2.41. The summed E-state index contributed by atoms with van der Waals surface area (Å²) in [5.74, 6) is 0.301. The van der Waals surface area contributed by atoms with Gasteiger partial charge in [0.15, 0.2) is 11.5 Å². The lowest BCUT2D eigenvalue weighted by Gasteiger charge is -2.13. The molecule has 0 unspecified atom stereocenters. The lowest BCUT2D eigenvalue weighted by molar-refractivity contribution is -0.120. The Morgan fingerprint density at radius 3 is 2.54 bits per heavy atom. The minimum atomic E-state index is -0.368. The molecule has 0 saturated heterocycles. The summed E-state index contributed by atoms with van der Waals surface area (Å²) < 4.78 is 11.1. The summed E-state index contributed by atoms with van der Waals surface area (Å²) >= 11 is 6.12. The van der Waals surface area contributed by atoms with Gasteiger partial charge in [-0.05, 0) is 31.2 Å². The zero-order chi connectivity index (χ0) is 18.9. The van der Waals surface area contributed by atoms with Gasteiger partial charge in [0.2, 0.25) is 5.91 Å². The third-order valence-corrected chi connectivity index (χ3v) is 3.92. The largest absolute Gasteiger partial charge is 0.493 e. The molecule has 0 radical (unpaired) electrons. The second-order valence-corrected chi connectivity index (χ2v) is 5.79. The smallest absolute Gasteiger partial charge is 0.251 e. The summed E-state index contributed by atoms with van der Waals surface area (Å²) in [5, 5.41) is 5.78. The maximum Gasteiger partial charge on any atom is 0.251 e. The Hall–Kier alpha value is -2.73. The van der Waals surface area contributed by atoms with Crippen LogP contribution in [-0.4, -0.2) is 32.0 Å². The average molecular weight is 377 g/mol. The quantitative estimate of drug-likeness (QED) is 0.742. The Bertz CT molecular complexity index is 780. The molecule has 2 amide bonds. The van der Waals surface area contributed by atoms with Crippen molar-refractivity contribution in [3.63, 3.8) is 0 Å². The molecular formula is C19H21ClN2O4. The Morgan fingerprint density at radius 2 is 1.85 bits per heavy atom. The van der Waals surface area contributed by atoms with Gasteiger partial charge < -0.3 is 20.1 Å². The van der Waals surface area contributed by atoms with E-state index in [0.717, 1.165) is 5.56 Å². The zero-order valence-electron chi connectivity index (χ0n) is 14.7. The standard InChI is InChI=1S/C19H21ClN2O4/c1-3-21-18(23)11-22-19(24)13-8-9-16(17(10-13)25-2)26-12-14-6-4-5-7-15(14)20/h4-10H,3,11-12H2,1-2H3,(H,21,23)(H,22,24). The normalized spacial score (nSPS) is 10.1. The van der Waals surface area contributed by atoms with E-state index in [-0.39, 0.29) is 25.0 Å². The number of halogens is 1. The highest BCUT2D eigenvalue weighted by molar-refractivity contribution is 6.31. The molecule has 2 aromatic rings. The lowest BCUT2D eigenvalue weighted by atomic mass is 10.2. The number of likely N-dealkylation sites (N-methyl/N-ethyl adjacent to an activating group) is 1. The topological polar surface area (TPSA) is 76.7 Å². The van der Waals surface area contributed by atoms with Gasteiger partial charge >= 0.3 is 0 Å². The van der Waals surface area contributed by atoms with Crippen molar-refractivity contribution in [2.45, 2.75) is 13.5 Å². The molecular weight excluding hydrogens is 356 g/mol. The number of hydrogen-bond donors (Lipinski definition) is 2. The van der Waals surface area contributed by atoms with Gasteiger partial charge in [0.1, 0.15) is 6.61 Å². The molecule has 0 aliphatic heterocycles. The van der Waals surface area contributed by atoms with Gasteiger partial charge in [-0.1, -0.05) is 29.8 Å². The fourth-order valence-electron chi connectivity index (χ4n) is 2.22. The van der Waals surface area contributed by atoms with Crippen molar-refractivity contribution in [1.29, 1.82) is 0 Å². The molecule has 0 aromatic heterocycles. The zero-order valence-corrected chi connectivity index (χ0v) is 15.4. The van der Waals surface area contributed by atoms with Crippen molar-refractivity contribution in [2.24, 2.45) is 0 Å². The summed E-state index contributed by atoms with van der Waals surface area (Å²) in [5.41, 5.74) is 1.22. The van der Waals surface area contributed by atoms with Crippen molar-refractivity contribution in [3.8, 4) is 11.5 Å². The molecule has 138 valence electrons. The molecule has 0 atom stereocenters. The van der Waals surface area contributed by atoms with Crippen molar-refractivity contribution in [2.75, 3.05) is 20.2 Å². The van der Waals surface area contributed by atoms with Gasteiger partial charge in [-0.3, -0.25) is 9.59 Å². The third-order valence-electron chi connectivity index (χ3n) is 3.55. The van der Waals surface area contributed by atoms with E-state index in [1.54, 1.807) is 24.3 Å². The number of rotatable bonds is 8. The monoisotopic (exact) mass is 376 g/mol. The van der Waals surface area contributed by atoms with Crippen molar-refractivity contribution in [1.82, 2.24) is 10.6 Å². The van der Waals surface area contributed by atoms with Crippen LogP contribution in [0.3, 0.4) is 0 Å². The Balaban J connectivity index is 2.03.